The minimum Gasteiger partial charge on any atom is -0.356 e. The molecule has 2 nitrogen and oxygen atoms in total. The van der Waals surface area contributed by atoms with E-state index in [-0.39, 0.29) is 5.41 Å². The number of aromatic nitrogens is 1. The van der Waals surface area contributed by atoms with Gasteiger partial charge in [-0.05, 0) is 17.4 Å². The molecule has 3 heteroatoms. The molecule has 2 aromatic rings. The maximum atomic E-state index is 5.52. The average molecular weight is 292 g/mol. The summed E-state index contributed by atoms with van der Waals surface area (Å²) < 4.78 is 5.52. The Labute approximate surface area is 109 Å². The molecule has 17 heavy (non-hydrogen) atoms. The van der Waals surface area contributed by atoms with Crippen LogP contribution >= 0.6 is 15.9 Å². The summed E-state index contributed by atoms with van der Waals surface area (Å²) in [7, 11) is 0. The normalized spacial score (nSPS) is 16.4. The number of nitrogens with zero attached hydrogens (tertiary/aromatic N) is 1. The van der Waals surface area contributed by atoms with Crippen LogP contribution in [0.1, 0.15) is 30.7 Å². The standard InChI is InChI=1S/C14H14BrNO/c1-14(2)7-10-12(8-15)16-17-13(10)9-5-3-4-6-11(9)14/h3-6H,7-8H2,1-2H3. The summed E-state index contributed by atoms with van der Waals surface area (Å²) in [4.78, 5) is 0. The van der Waals surface area contributed by atoms with Gasteiger partial charge in [0.1, 0.15) is 0 Å². The number of alkyl halides is 1. The fourth-order valence-corrected chi connectivity index (χ4v) is 3.09. The molecule has 0 bridgehead atoms. The van der Waals surface area contributed by atoms with E-state index in [4.69, 9.17) is 4.52 Å². The number of benzene rings is 1. The molecule has 0 unspecified atom stereocenters. The van der Waals surface area contributed by atoms with Crippen LogP contribution in [0.25, 0.3) is 11.3 Å². The molecule has 0 saturated heterocycles. The summed E-state index contributed by atoms with van der Waals surface area (Å²) in [5, 5.41) is 4.91. The van der Waals surface area contributed by atoms with Crippen molar-refractivity contribution in [1.82, 2.24) is 5.16 Å². The van der Waals surface area contributed by atoms with E-state index in [0.29, 0.717) is 0 Å². The third kappa shape index (κ3) is 1.56. The van der Waals surface area contributed by atoms with E-state index in [2.05, 4.69) is 59.2 Å². The highest BCUT2D eigenvalue weighted by Gasteiger charge is 2.34. The van der Waals surface area contributed by atoms with Gasteiger partial charge in [0.25, 0.3) is 0 Å². The van der Waals surface area contributed by atoms with Crippen LogP contribution in [0, 0.1) is 0 Å². The van der Waals surface area contributed by atoms with E-state index < -0.39 is 0 Å². The van der Waals surface area contributed by atoms with Crippen molar-refractivity contribution in [2.45, 2.75) is 31.0 Å². The van der Waals surface area contributed by atoms with E-state index in [1.54, 1.807) is 0 Å². The van der Waals surface area contributed by atoms with E-state index in [0.717, 1.165) is 23.2 Å². The molecule has 0 radical (unpaired) electrons. The summed E-state index contributed by atoms with van der Waals surface area (Å²) in [6, 6.07) is 8.46. The summed E-state index contributed by atoms with van der Waals surface area (Å²) >= 11 is 3.47. The van der Waals surface area contributed by atoms with Crippen molar-refractivity contribution in [1.29, 1.82) is 0 Å². The molecule has 88 valence electrons. The summed E-state index contributed by atoms with van der Waals surface area (Å²) in [5.41, 5.74) is 4.97. The Kier molecular flexibility index (Phi) is 2.40. The molecule has 0 atom stereocenters. The van der Waals surface area contributed by atoms with Gasteiger partial charge in [-0.15, -0.1) is 0 Å². The van der Waals surface area contributed by atoms with Gasteiger partial charge in [-0.2, -0.15) is 0 Å². The van der Waals surface area contributed by atoms with E-state index in [1.165, 1.54) is 16.7 Å². The van der Waals surface area contributed by atoms with Crippen molar-refractivity contribution in [3.8, 4) is 11.3 Å². The highest BCUT2D eigenvalue weighted by molar-refractivity contribution is 9.08. The average Bonchev–Trinajstić information content (AvgIpc) is 2.71. The van der Waals surface area contributed by atoms with Gasteiger partial charge in [0, 0.05) is 16.5 Å². The zero-order valence-electron chi connectivity index (χ0n) is 9.96. The predicted octanol–water partition coefficient (Wildman–Crippen LogP) is 4.07. The number of halogens is 1. The molecule has 1 heterocycles. The van der Waals surface area contributed by atoms with Gasteiger partial charge in [-0.3, -0.25) is 0 Å². The van der Waals surface area contributed by atoms with Crippen LogP contribution in [0.5, 0.6) is 0 Å². The molecule has 1 aliphatic carbocycles. The van der Waals surface area contributed by atoms with Crippen molar-refractivity contribution in [2.24, 2.45) is 0 Å². The molecule has 0 aliphatic heterocycles. The lowest BCUT2D eigenvalue weighted by molar-refractivity contribution is 0.420. The molecule has 0 N–H and O–H groups in total. The highest BCUT2D eigenvalue weighted by atomic mass is 79.9. The molecule has 1 aromatic carbocycles. The first-order chi connectivity index (χ1) is 8.13. The molecule has 0 amide bonds. The fourth-order valence-electron chi connectivity index (χ4n) is 2.65. The smallest absolute Gasteiger partial charge is 0.170 e. The monoisotopic (exact) mass is 291 g/mol. The lowest BCUT2D eigenvalue weighted by Gasteiger charge is -2.31. The van der Waals surface area contributed by atoms with E-state index in [9.17, 15) is 0 Å². The third-order valence-corrected chi connectivity index (χ3v) is 4.05. The SMILES string of the molecule is CC1(C)Cc2c(CBr)noc2-c2ccccc21. The van der Waals surface area contributed by atoms with Gasteiger partial charge < -0.3 is 4.52 Å². The van der Waals surface area contributed by atoms with Gasteiger partial charge in [0.2, 0.25) is 0 Å². The minimum atomic E-state index is 0.145. The highest BCUT2D eigenvalue weighted by Crippen LogP contribution is 2.44. The van der Waals surface area contributed by atoms with E-state index in [1.807, 2.05) is 0 Å². The second-order valence-electron chi connectivity index (χ2n) is 5.18. The van der Waals surface area contributed by atoms with Gasteiger partial charge in [-0.1, -0.05) is 59.2 Å². The number of rotatable bonds is 1. The van der Waals surface area contributed by atoms with E-state index >= 15 is 0 Å². The van der Waals surface area contributed by atoms with Gasteiger partial charge >= 0.3 is 0 Å². The van der Waals surface area contributed by atoms with Crippen LogP contribution in [0.4, 0.5) is 0 Å². The van der Waals surface area contributed by atoms with Crippen LogP contribution in [0.2, 0.25) is 0 Å². The largest absolute Gasteiger partial charge is 0.356 e. The molecular formula is C14H14BrNO. The maximum Gasteiger partial charge on any atom is 0.170 e. The minimum absolute atomic E-state index is 0.145. The first-order valence-corrected chi connectivity index (χ1v) is 6.89. The van der Waals surface area contributed by atoms with Gasteiger partial charge in [0.15, 0.2) is 5.76 Å². The Hall–Kier alpha value is -1.09. The van der Waals surface area contributed by atoms with Crippen molar-refractivity contribution < 1.29 is 4.52 Å². The van der Waals surface area contributed by atoms with Gasteiger partial charge in [0.05, 0.1) is 5.69 Å². The molecule has 3 rings (SSSR count). The number of hydrogen-bond acceptors (Lipinski definition) is 2. The van der Waals surface area contributed by atoms with Crippen molar-refractivity contribution >= 4 is 15.9 Å². The fraction of sp³-hybridized carbons (Fsp3) is 0.357. The summed E-state index contributed by atoms with van der Waals surface area (Å²) in [6.07, 6.45) is 0.990. The Morgan fingerprint density at radius 2 is 2.12 bits per heavy atom. The lowest BCUT2D eigenvalue weighted by atomic mass is 9.72. The van der Waals surface area contributed by atoms with Crippen LogP contribution in [0.15, 0.2) is 28.8 Å². The van der Waals surface area contributed by atoms with Crippen molar-refractivity contribution in [3.05, 3.63) is 41.1 Å². The number of hydrogen-bond donors (Lipinski definition) is 0. The molecule has 1 aliphatic rings. The molecule has 0 spiro atoms. The second-order valence-corrected chi connectivity index (χ2v) is 5.74. The summed E-state index contributed by atoms with van der Waals surface area (Å²) in [5.74, 6) is 0.953. The predicted molar refractivity (Wildman–Crippen MR) is 71.3 cm³/mol. The Balaban J connectivity index is 2.29. The second kappa shape index (κ2) is 3.70. The Bertz CT molecular complexity index is 571. The van der Waals surface area contributed by atoms with Crippen LogP contribution < -0.4 is 0 Å². The lowest BCUT2D eigenvalue weighted by Crippen LogP contribution is -2.25. The molecule has 0 fully saturated rings. The van der Waals surface area contributed by atoms with Crippen LogP contribution in [-0.2, 0) is 17.2 Å². The topological polar surface area (TPSA) is 26.0 Å². The molecule has 0 saturated carbocycles. The Morgan fingerprint density at radius 1 is 1.35 bits per heavy atom. The van der Waals surface area contributed by atoms with Crippen LogP contribution in [-0.4, -0.2) is 5.16 Å². The Morgan fingerprint density at radius 3 is 2.88 bits per heavy atom. The first-order valence-electron chi connectivity index (χ1n) is 5.77. The first kappa shape index (κ1) is 11.0. The van der Waals surface area contributed by atoms with Crippen molar-refractivity contribution in [2.75, 3.05) is 0 Å². The third-order valence-electron chi connectivity index (χ3n) is 3.52. The summed E-state index contributed by atoms with van der Waals surface area (Å²) in [6.45, 7) is 4.56. The zero-order valence-corrected chi connectivity index (χ0v) is 11.5. The van der Waals surface area contributed by atoms with Crippen molar-refractivity contribution in [3.63, 3.8) is 0 Å². The van der Waals surface area contributed by atoms with Crippen LogP contribution in [0.3, 0.4) is 0 Å². The number of fused-ring (bicyclic) bond motifs is 3. The quantitative estimate of drug-likeness (QED) is 0.740. The van der Waals surface area contributed by atoms with Gasteiger partial charge in [-0.25, -0.2) is 0 Å². The zero-order chi connectivity index (χ0) is 12.0. The molecule has 1 aromatic heterocycles. The molecular weight excluding hydrogens is 278 g/mol. The maximum absolute atomic E-state index is 5.52.